The van der Waals surface area contributed by atoms with Crippen molar-refractivity contribution in [2.24, 2.45) is 0 Å². The van der Waals surface area contributed by atoms with Crippen LogP contribution in [0, 0.1) is 0 Å². The van der Waals surface area contributed by atoms with Crippen LogP contribution < -0.4 is 4.90 Å². The minimum atomic E-state index is -4.41. The van der Waals surface area contributed by atoms with Crippen LogP contribution in [0.15, 0.2) is 126 Å². The van der Waals surface area contributed by atoms with Crippen molar-refractivity contribution in [3.05, 3.63) is 127 Å². The average molecular weight is 575 g/mol. The second-order valence-electron chi connectivity index (χ2n) is 10.2. The van der Waals surface area contributed by atoms with E-state index >= 15 is 0 Å². The molecule has 7 rings (SSSR count). The molecule has 0 radical (unpaired) electrons. The number of rotatable bonds is 6. The lowest BCUT2D eigenvalue weighted by Gasteiger charge is -2.25. The number of para-hydroxylation sites is 2. The van der Waals surface area contributed by atoms with E-state index in [4.69, 9.17) is 4.42 Å². The van der Waals surface area contributed by atoms with Gasteiger partial charge in [0.15, 0.2) is 0 Å². The van der Waals surface area contributed by atoms with Crippen molar-refractivity contribution in [1.82, 2.24) is 14.8 Å². The van der Waals surface area contributed by atoms with Gasteiger partial charge in [0.2, 0.25) is 11.8 Å². The van der Waals surface area contributed by atoms with E-state index in [0.29, 0.717) is 11.1 Å². The van der Waals surface area contributed by atoms with Crippen molar-refractivity contribution in [2.45, 2.75) is 19.6 Å². The first kappa shape index (κ1) is 26.5. The fourth-order valence-corrected chi connectivity index (χ4v) is 5.56. The van der Waals surface area contributed by atoms with Crippen LogP contribution in [0.2, 0.25) is 0 Å². The third-order valence-electron chi connectivity index (χ3n) is 7.60. The SMILES string of the molecule is CCn1c2ccccc2c2cc(N(c3ccccc3)c3ccc(-c4nnc(-c5ccc(C(F)(F)F)cc5)o4)cc3)ccc21. The summed E-state index contributed by atoms with van der Waals surface area (Å²) in [5, 5.41) is 10.6. The van der Waals surface area contributed by atoms with Gasteiger partial charge in [0.1, 0.15) is 0 Å². The molecule has 0 spiro atoms. The fourth-order valence-electron chi connectivity index (χ4n) is 5.56. The van der Waals surface area contributed by atoms with Crippen LogP contribution in [-0.2, 0) is 12.7 Å². The van der Waals surface area contributed by atoms with Gasteiger partial charge in [-0.1, -0.05) is 36.4 Å². The van der Waals surface area contributed by atoms with E-state index in [1.165, 1.54) is 33.9 Å². The molecule has 0 atom stereocenters. The summed E-state index contributed by atoms with van der Waals surface area (Å²) in [6.07, 6.45) is -4.41. The lowest BCUT2D eigenvalue weighted by molar-refractivity contribution is -0.137. The molecule has 0 fully saturated rings. The summed E-state index contributed by atoms with van der Waals surface area (Å²) >= 11 is 0. The maximum absolute atomic E-state index is 12.9. The molecule has 212 valence electrons. The highest BCUT2D eigenvalue weighted by molar-refractivity contribution is 6.09. The Balaban J connectivity index is 1.25. The molecule has 0 saturated heterocycles. The van der Waals surface area contributed by atoms with Gasteiger partial charge in [-0.2, -0.15) is 13.2 Å². The maximum atomic E-state index is 12.9. The van der Waals surface area contributed by atoms with Crippen LogP contribution in [0.4, 0.5) is 30.2 Å². The molecular formula is C35H25F3N4O. The molecular weight excluding hydrogens is 549 g/mol. The molecule has 5 nitrogen and oxygen atoms in total. The van der Waals surface area contributed by atoms with Crippen LogP contribution in [0.5, 0.6) is 0 Å². The number of hydrogen-bond acceptors (Lipinski definition) is 4. The molecule has 0 N–H and O–H groups in total. The molecule has 0 aliphatic carbocycles. The Morgan fingerprint density at radius 2 is 1.19 bits per heavy atom. The van der Waals surface area contributed by atoms with Gasteiger partial charge in [-0.05, 0) is 91.9 Å². The lowest BCUT2D eigenvalue weighted by atomic mass is 10.1. The maximum Gasteiger partial charge on any atom is 0.416 e. The largest absolute Gasteiger partial charge is 0.416 e. The third-order valence-corrected chi connectivity index (χ3v) is 7.60. The Hall–Kier alpha value is -5.37. The van der Waals surface area contributed by atoms with E-state index in [1.54, 1.807) is 0 Å². The van der Waals surface area contributed by atoms with Crippen LogP contribution in [0.1, 0.15) is 12.5 Å². The van der Waals surface area contributed by atoms with E-state index in [9.17, 15) is 13.2 Å². The van der Waals surface area contributed by atoms with Gasteiger partial charge < -0.3 is 13.9 Å². The number of hydrogen-bond donors (Lipinski definition) is 0. The number of benzene rings is 5. The molecule has 0 saturated carbocycles. The first-order chi connectivity index (χ1) is 20.9. The van der Waals surface area contributed by atoms with Gasteiger partial charge in [-0.25, -0.2) is 0 Å². The number of halogens is 3. The average Bonchev–Trinajstić information content (AvgIpc) is 3.65. The van der Waals surface area contributed by atoms with Gasteiger partial charge in [0.25, 0.3) is 0 Å². The summed E-state index contributed by atoms with van der Waals surface area (Å²) in [6.45, 7) is 3.04. The molecule has 0 unspecified atom stereocenters. The molecule has 43 heavy (non-hydrogen) atoms. The van der Waals surface area contributed by atoms with Crippen molar-refractivity contribution < 1.29 is 17.6 Å². The van der Waals surface area contributed by atoms with Crippen LogP contribution in [-0.4, -0.2) is 14.8 Å². The van der Waals surface area contributed by atoms with E-state index in [0.717, 1.165) is 35.7 Å². The number of aromatic nitrogens is 3. The summed E-state index contributed by atoms with van der Waals surface area (Å²) in [4.78, 5) is 2.20. The Morgan fingerprint density at radius 3 is 1.84 bits per heavy atom. The standard InChI is InChI=1S/C35H25F3N4O/c1-2-41-31-11-7-6-10-29(31)30-22-28(20-21-32(30)41)42(26-8-4-3-5-9-26)27-18-14-24(15-19-27)34-40-39-33(43-34)23-12-16-25(17-13-23)35(36,37)38/h3-22H,2H2,1H3. The summed E-state index contributed by atoms with van der Waals surface area (Å²) in [5.41, 5.74) is 5.76. The van der Waals surface area contributed by atoms with Crippen molar-refractivity contribution in [2.75, 3.05) is 4.90 Å². The van der Waals surface area contributed by atoms with Gasteiger partial charge in [0.05, 0.1) is 5.56 Å². The molecule has 5 aromatic carbocycles. The fraction of sp³-hybridized carbons (Fsp3) is 0.0857. The van der Waals surface area contributed by atoms with E-state index in [2.05, 4.69) is 81.2 Å². The zero-order valence-electron chi connectivity index (χ0n) is 23.1. The highest BCUT2D eigenvalue weighted by Crippen LogP contribution is 2.39. The van der Waals surface area contributed by atoms with Crippen LogP contribution in [0.25, 0.3) is 44.7 Å². The molecule has 2 aromatic heterocycles. The number of anilines is 3. The Morgan fingerprint density at radius 1 is 0.628 bits per heavy atom. The highest BCUT2D eigenvalue weighted by Gasteiger charge is 2.30. The molecule has 8 heteroatoms. The molecule has 2 heterocycles. The quantitative estimate of drug-likeness (QED) is 0.198. The second-order valence-corrected chi connectivity index (χ2v) is 10.2. The van der Waals surface area contributed by atoms with Crippen molar-refractivity contribution in [3.8, 4) is 22.9 Å². The minimum absolute atomic E-state index is 0.151. The zero-order chi connectivity index (χ0) is 29.6. The van der Waals surface area contributed by atoms with E-state index in [-0.39, 0.29) is 11.8 Å². The third kappa shape index (κ3) is 4.80. The monoisotopic (exact) mass is 574 g/mol. The van der Waals surface area contributed by atoms with Gasteiger partial charge in [-0.15, -0.1) is 10.2 Å². The first-order valence-electron chi connectivity index (χ1n) is 13.9. The zero-order valence-corrected chi connectivity index (χ0v) is 23.1. The van der Waals surface area contributed by atoms with E-state index in [1.807, 2.05) is 42.5 Å². The number of alkyl halides is 3. The smallest absolute Gasteiger partial charge is 0.416 e. The van der Waals surface area contributed by atoms with Crippen LogP contribution in [0.3, 0.4) is 0 Å². The lowest BCUT2D eigenvalue weighted by Crippen LogP contribution is -2.09. The molecule has 0 aliphatic heterocycles. The summed E-state index contributed by atoms with van der Waals surface area (Å²) in [6, 6.07) is 37.6. The number of nitrogens with zero attached hydrogens (tertiary/aromatic N) is 4. The van der Waals surface area contributed by atoms with Gasteiger partial charge in [0, 0.05) is 56.5 Å². The summed E-state index contributed by atoms with van der Waals surface area (Å²) in [5.74, 6) is 0.430. The first-order valence-corrected chi connectivity index (χ1v) is 13.9. The van der Waals surface area contributed by atoms with Crippen molar-refractivity contribution in [1.29, 1.82) is 0 Å². The highest BCUT2D eigenvalue weighted by atomic mass is 19.4. The Labute approximate surface area is 245 Å². The van der Waals surface area contributed by atoms with E-state index < -0.39 is 11.7 Å². The molecule has 0 amide bonds. The predicted molar refractivity (Wildman–Crippen MR) is 164 cm³/mol. The second kappa shape index (κ2) is 10.5. The normalized spacial score (nSPS) is 11.8. The molecule has 0 aliphatic rings. The Kier molecular flexibility index (Phi) is 6.46. The number of aryl methyl sites for hydroxylation is 1. The van der Waals surface area contributed by atoms with Crippen molar-refractivity contribution in [3.63, 3.8) is 0 Å². The summed E-state index contributed by atoms with van der Waals surface area (Å²) in [7, 11) is 0. The molecule has 7 aromatic rings. The van der Waals surface area contributed by atoms with Gasteiger partial charge in [-0.3, -0.25) is 0 Å². The van der Waals surface area contributed by atoms with Crippen molar-refractivity contribution >= 4 is 38.9 Å². The topological polar surface area (TPSA) is 47.1 Å². The summed E-state index contributed by atoms with van der Waals surface area (Å²) < 4.78 is 47.0. The molecule has 0 bridgehead atoms. The van der Waals surface area contributed by atoms with Crippen LogP contribution >= 0.6 is 0 Å². The Bertz CT molecular complexity index is 2040. The van der Waals surface area contributed by atoms with Gasteiger partial charge >= 0.3 is 6.18 Å². The predicted octanol–water partition coefficient (Wildman–Crippen LogP) is 10.0. The number of fused-ring (bicyclic) bond motifs is 3. The minimum Gasteiger partial charge on any atom is -0.416 e.